The molecule has 0 radical (unpaired) electrons. The van der Waals surface area contributed by atoms with Crippen LogP contribution in [0, 0.1) is 5.92 Å². The lowest BCUT2D eigenvalue weighted by molar-refractivity contribution is -0.124. The van der Waals surface area contributed by atoms with Crippen LogP contribution in [-0.2, 0) is 4.79 Å². The second-order valence-corrected chi connectivity index (χ2v) is 8.69. The predicted octanol–water partition coefficient (Wildman–Crippen LogP) is 5.87. The predicted molar refractivity (Wildman–Crippen MR) is 105 cm³/mol. The quantitative estimate of drug-likeness (QED) is 0.689. The number of hydrogen-bond acceptors (Lipinski definition) is 3. The van der Waals surface area contributed by atoms with Crippen molar-refractivity contribution in [3.05, 3.63) is 34.4 Å². The molecular formula is C23H32O3. The average molecular weight is 357 g/mol. The molecule has 1 N–H and O–H groups in total. The van der Waals surface area contributed by atoms with Crippen molar-refractivity contribution in [1.82, 2.24) is 0 Å². The molecule has 1 saturated carbocycles. The molecule has 0 aromatic heterocycles. The maximum atomic E-state index is 12.1. The number of hydrogen-bond donors (Lipinski definition) is 1. The first kappa shape index (κ1) is 19.0. The molecule has 3 atom stereocenters. The monoisotopic (exact) mass is 356 g/mol. The van der Waals surface area contributed by atoms with Crippen LogP contribution in [0.2, 0.25) is 0 Å². The molecule has 3 heteroatoms. The second kappa shape index (κ2) is 6.75. The lowest BCUT2D eigenvalue weighted by atomic mass is 9.66. The highest BCUT2D eigenvalue weighted by atomic mass is 16.5. The third-order valence-corrected chi connectivity index (χ3v) is 6.80. The number of benzene rings is 1. The molecule has 1 heterocycles. The van der Waals surface area contributed by atoms with Gasteiger partial charge < -0.3 is 9.84 Å². The molecule has 1 aliphatic heterocycles. The summed E-state index contributed by atoms with van der Waals surface area (Å²) in [6, 6.07) is 3.97. The van der Waals surface area contributed by atoms with E-state index in [0.29, 0.717) is 18.6 Å². The molecule has 1 aliphatic carbocycles. The minimum atomic E-state index is -0.323. The Labute approximate surface area is 157 Å². The molecule has 0 spiro atoms. The van der Waals surface area contributed by atoms with Gasteiger partial charge in [0, 0.05) is 36.2 Å². The van der Waals surface area contributed by atoms with Crippen molar-refractivity contribution in [1.29, 1.82) is 0 Å². The normalized spacial score (nSPS) is 26.3. The zero-order valence-electron chi connectivity index (χ0n) is 17.0. The number of aromatic hydroxyl groups is 1. The van der Waals surface area contributed by atoms with Crippen molar-refractivity contribution in [2.75, 3.05) is 0 Å². The molecule has 26 heavy (non-hydrogen) atoms. The van der Waals surface area contributed by atoms with E-state index in [0.717, 1.165) is 29.7 Å². The Morgan fingerprint density at radius 1 is 1.35 bits per heavy atom. The van der Waals surface area contributed by atoms with Gasteiger partial charge in [0.25, 0.3) is 0 Å². The zero-order chi connectivity index (χ0) is 19.2. The summed E-state index contributed by atoms with van der Waals surface area (Å²) >= 11 is 0. The topological polar surface area (TPSA) is 46.5 Å². The Bertz CT molecular complexity index is 757. The van der Waals surface area contributed by atoms with Crippen LogP contribution in [0.25, 0.3) is 0 Å². The van der Waals surface area contributed by atoms with Crippen LogP contribution in [0.3, 0.4) is 0 Å². The molecule has 0 bridgehead atoms. The van der Waals surface area contributed by atoms with E-state index in [1.807, 2.05) is 6.07 Å². The molecule has 1 fully saturated rings. The largest absolute Gasteiger partial charge is 0.508 e. The standard InChI is InChI=1S/C23H32O3/c1-7-13(2)14(3)15(4)16-10-20(25)22-18-12-17(24)8-9-19(18)23(5,6)26-21(22)11-16/h10-11,15,18-19,25H,7-9,12H2,1-6H3/b14-13+. The van der Waals surface area contributed by atoms with E-state index in [-0.39, 0.29) is 29.1 Å². The minimum absolute atomic E-state index is 0.0633. The summed E-state index contributed by atoms with van der Waals surface area (Å²) in [5.41, 5.74) is 4.31. The second-order valence-electron chi connectivity index (χ2n) is 8.69. The first-order valence-electron chi connectivity index (χ1n) is 9.89. The molecule has 1 aromatic carbocycles. The van der Waals surface area contributed by atoms with Crippen molar-refractivity contribution in [2.24, 2.45) is 5.92 Å². The smallest absolute Gasteiger partial charge is 0.133 e. The Morgan fingerprint density at radius 3 is 2.69 bits per heavy atom. The van der Waals surface area contributed by atoms with E-state index in [9.17, 15) is 9.90 Å². The van der Waals surface area contributed by atoms with Gasteiger partial charge in [-0.1, -0.05) is 25.0 Å². The summed E-state index contributed by atoms with van der Waals surface area (Å²) in [5, 5.41) is 10.9. The third kappa shape index (κ3) is 3.17. The van der Waals surface area contributed by atoms with Gasteiger partial charge in [-0.2, -0.15) is 0 Å². The van der Waals surface area contributed by atoms with Crippen LogP contribution in [0.15, 0.2) is 23.3 Å². The highest BCUT2D eigenvalue weighted by molar-refractivity contribution is 5.81. The first-order chi connectivity index (χ1) is 12.2. The first-order valence-corrected chi connectivity index (χ1v) is 9.89. The van der Waals surface area contributed by atoms with Crippen molar-refractivity contribution in [3.63, 3.8) is 0 Å². The number of ether oxygens (including phenoxy) is 1. The van der Waals surface area contributed by atoms with Gasteiger partial charge in [-0.05, 0) is 58.2 Å². The van der Waals surface area contributed by atoms with Gasteiger partial charge in [-0.3, -0.25) is 4.79 Å². The summed E-state index contributed by atoms with van der Waals surface area (Å²) in [5.74, 6) is 1.90. The van der Waals surface area contributed by atoms with E-state index in [1.54, 1.807) is 0 Å². The van der Waals surface area contributed by atoms with Crippen molar-refractivity contribution < 1.29 is 14.6 Å². The van der Waals surface area contributed by atoms with E-state index >= 15 is 0 Å². The van der Waals surface area contributed by atoms with Crippen molar-refractivity contribution in [3.8, 4) is 11.5 Å². The fourth-order valence-corrected chi connectivity index (χ4v) is 4.74. The molecule has 142 valence electrons. The van der Waals surface area contributed by atoms with Gasteiger partial charge in [0.1, 0.15) is 22.9 Å². The Morgan fingerprint density at radius 2 is 2.04 bits per heavy atom. The SMILES string of the molecule is CC/C(C)=C(\C)C(C)c1cc(O)c2c(c1)OC(C)(C)C1CCC(=O)CC21. The van der Waals surface area contributed by atoms with Crippen LogP contribution < -0.4 is 4.74 Å². The average Bonchev–Trinajstić information content (AvgIpc) is 2.58. The number of ketones is 1. The highest BCUT2D eigenvalue weighted by Gasteiger charge is 2.47. The summed E-state index contributed by atoms with van der Waals surface area (Å²) in [6.45, 7) is 12.9. The van der Waals surface area contributed by atoms with Crippen molar-refractivity contribution in [2.45, 2.75) is 84.7 Å². The van der Waals surface area contributed by atoms with Gasteiger partial charge in [0.2, 0.25) is 0 Å². The van der Waals surface area contributed by atoms with Crippen LogP contribution in [0.4, 0.5) is 0 Å². The number of phenolic OH excluding ortho intramolecular Hbond substituents is 1. The molecule has 3 nitrogen and oxygen atoms in total. The maximum Gasteiger partial charge on any atom is 0.133 e. The highest BCUT2D eigenvalue weighted by Crippen LogP contribution is 2.54. The Hall–Kier alpha value is -1.77. The van der Waals surface area contributed by atoms with Crippen molar-refractivity contribution >= 4 is 5.78 Å². The van der Waals surface area contributed by atoms with Gasteiger partial charge >= 0.3 is 0 Å². The Balaban J connectivity index is 2.07. The van der Waals surface area contributed by atoms with E-state index in [2.05, 4.69) is 47.6 Å². The van der Waals surface area contributed by atoms with Crippen LogP contribution in [0.5, 0.6) is 11.5 Å². The number of phenols is 1. The summed E-state index contributed by atoms with van der Waals surface area (Å²) in [4.78, 5) is 12.1. The molecule has 3 rings (SSSR count). The van der Waals surface area contributed by atoms with Gasteiger partial charge in [0.15, 0.2) is 0 Å². The summed E-state index contributed by atoms with van der Waals surface area (Å²) in [7, 11) is 0. The van der Waals surface area contributed by atoms with Gasteiger partial charge in [0.05, 0.1) is 0 Å². The third-order valence-electron chi connectivity index (χ3n) is 6.80. The molecular weight excluding hydrogens is 324 g/mol. The van der Waals surface area contributed by atoms with Crippen LogP contribution in [0.1, 0.15) is 90.2 Å². The number of carbonyl (C=O) groups excluding carboxylic acids is 1. The molecule has 1 aromatic rings. The number of rotatable bonds is 3. The lowest BCUT2D eigenvalue weighted by Gasteiger charge is -2.47. The minimum Gasteiger partial charge on any atom is -0.508 e. The maximum absolute atomic E-state index is 12.1. The molecule has 0 amide bonds. The van der Waals surface area contributed by atoms with Crippen LogP contribution >= 0.6 is 0 Å². The molecule has 3 unspecified atom stereocenters. The summed E-state index contributed by atoms with van der Waals surface area (Å²) < 4.78 is 6.37. The van der Waals surface area contributed by atoms with Gasteiger partial charge in [-0.25, -0.2) is 0 Å². The fourth-order valence-electron chi connectivity index (χ4n) is 4.74. The number of fused-ring (bicyclic) bond motifs is 3. The fraction of sp³-hybridized carbons (Fsp3) is 0.609. The lowest BCUT2D eigenvalue weighted by Crippen LogP contribution is -2.47. The molecule has 2 aliphatic rings. The van der Waals surface area contributed by atoms with E-state index in [1.165, 1.54) is 11.1 Å². The number of carbonyl (C=O) groups is 1. The van der Waals surface area contributed by atoms with Crippen LogP contribution in [-0.4, -0.2) is 16.5 Å². The number of allylic oxidation sites excluding steroid dienone is 2. The van der Waals surface area contributed by atoms with E-state index < -0.39 is 0 Å². The summed E-state index contributed by atoms with van der Waals surface area (Å²) in [6.07, 6.45) is 3.01. The van der Waals surface area contributed by atoms with E-state index in [4.69, 9.17) is 4.74 Å². The van der Waals surface area contributed by atoms with Gasteiger partial charge in [-0.15, -0.1) is 0 Å². The zero-order valence-corrected chi connectivity index (χ0v) is 17.0. The Kier molecular flexibility index (Phi) is 4.94. The number of Topliss-reactive ketones (excluding diaryl/α,β-unsaturated/α-hetero) is 1. The molecule has 0 saturated heterocycles.